The second kappa shape index (κ2) is 7.94. The third kappa shape index (κ3) is 4.35. The summed E-state index contributed by atoms with van der Waals surface area (Å²) >= 11 is 0. The zero-order chi connectivity index (χ0) is 14.3. The fourth-order valence-corrected chi connectivity index (χ4v) is 2.22. The van der Waals surface area contributed by atoms with Crippen LogP contribution in [0.4, 0.5) is 0 Å². The molecule has 0 saturated carbocycles. The number of carbonyl (C=O) groups excluding carboxylic acids is 1. The van der Waals surface area contributed by atoms with Crippen molar-refractivity contribution in [3.63, 3.8) is 0 Å². The van der Waals surface area contributed by atoms with Crippen LogP contribution in [0.3, 0.4) is 0 Å². The van der Waals surface area contributed by atoms with Crippen LogP contribution in [-0.4, -0.2) is 40.3 Å². The maximum Gasteiger partial charge on any atom is 0.307 e. The summed E-state index contributed by atoms with van der Waals surface area (Å²) in [6, 6.07) is 0.0503. The highest BCUT2D eigenvalue weighted by Crippen LogP contribution is 2.24. The minimum Gasteiger partial charge on any atom is -0.466 e. The molecule has 1 rings (SSSR count). The van der Waals surface area contributed by atoms with Crippen LogP contribution in [0.2, 0.25) is 0 Å². The molecular weight excluding hydrogens is 242 g/mol. The lowest BCUT2D eigenvalue weighted by atomic mass is 10.1. The molecular formula is C14H25N3O2. The monoisotopic (exact) mass is 267 g/mol. The van der Waals surface area contributed by atoms with Crippen molar-refractivity contribution in [2.45, 2.75) is 46.7 Å². The third-order valence-electron chi connectivity index (χ3n) is 3.28. The summed E-state index contributed by atoms with van der Waals surface area (Å²) in [4.78, 5) is 14.0. The number of rotatable bonds is 8. The highest BCUT2D eigenvalue weighted by molar-refractivity contribution is 5.70. The standard InChI is InChI=1S/C14H25N3O2/c1-5-16(6-2)13(9-14(18)19-8-4)12-10-15-17(7-3)11-12/h10-11,13H,5-9H2,1-4H3. The van der Waals surface area contributed by atoms with E-state index in [9.17, 15) is 4.79 Å². The molecule has 1 aromatic rings. The van der Waals surface area contributed by atoms with Crippen molar-refractivity contribution >= 4 is 5.97 Å². The number of nitrogens with zero attached hydrogens (tertiary/aromatic N) is 3. The minimum absolute atomic E-state index is 0.0503. The van der Waals surface area contributed by atoms with E-state index in [1.165, 1.54) is 0 Å². The van der Waals surface area contributed by atoms with Gasteiger partial charge >= 0.3 is 5.97 Å². The molecule has 0 spiro atoms. The van der Waals surface area contributed by atoms with Gasteiger partial charge in [0.15, 0.2) is 0 Å². The molecule has 19 heavy (non-hydrogen) atoms. The summed E-state index contributed by atoms with van der Waals surface area (Å²) < 4.78 is 6.96. The molecule has 0 fully saturated rings. The van der Waals surface area contributed by atoms with E-state index in [4.69, 9.17) is 4.74 Å². The number of hydrogen-bond acceptors (Lipinski definition) is 4. The Morgan fingerprint density at radius 3 is 2.53 bits per heavy atom. The Balaban J connectivity index is 2.87. The van der Waals surface area contributed by atoms with Gasteiger partial charge in [0, 0.05) is 24.3 Å². The molecule has 5 heteroatoms. The van der Waals surface area contributed by atoms with E-state index in [2.05, 4.69) is 30.8 Å². The van der Waals surface area contributed by atoms with Gasteiger partial charge in [0.25, 0.3) is 0 Å². The highest BCUT2D eigenvalue weighted by atomic mass is 16.5. The first kappa shape index (κ1) is 15.7. The zero-order valence-electron chi connectivity index (χ0n) is 12.4. The van der Waals surface area contributed by atoms with Crippen molar-refractivity contribution in [3.8, 4) is 0 Å². The van der Waals surface area contributed by atoms with Gasteiger partial charge in [-0.15, -0.1) is 0 Å². The molecule has 1 unspecified atom stereocenters. The number of aromatic nitrogens is 2. The first-order valence-electron chi connectivity index (χ1n) is 7.08. The van der Waals surface area contributed by atoms with Crippen molar-refractivity contribution in [2.75, 3.05) is 19.7 Å². The minimum atomic E-state index is -0.149. The highest BCUT2D eigenvalue weighted by Gasteiger charge is 2.23. The van der Waals surface area contributed by atoms with Crippen molar-refractivity contribution in [2.24, 2.45) is 0 Å². The molecule has 0 saturated heterocycles. The second-order valence-corrected chi connectivity index (χ2v) is 4.38. The maximum atomic E-state index is 11.8. The molecule has 0 radical (unpaired) electrons. The molecule has 0 aliphatic carbocycles. The van der Waals surface area contributed by atoms with Gasteiger partial charge in [0.1, 0.15) is 0 Å². The van der Waals surface area contributed by atoms with Crippen LogP contribution in [0.5, 0.6) is 0 Å². The number of ether oxygens (including phenoxy) is 1. The van der Waals surface area contributed by atoms with Crippen molar-refractivity contribution in [1.29, 1.82) is 0 Å². The van der Waals surface area contributed by atoms with Crippen LogP contribution in [0.15, 0.2) is 12.4 Å². The second-order valence-electron chi connectivity index (χ2n) is 4.38. The van der Waals surface area contributed by atoms with Crippen LogP contribution >= 0.6 is 0 Å². The summed E-state index contributed by atoms with van der Waals surface area (Å²) in [6.45, 7) is 11.2. The summed E-state index contributed by atoms with van der Waals surface area (Å²) in [5, 5.41) is 4.30. The molecule has 0 amide bonds. The van der Waals surface area contributed by atoms with E-state index in [1.54, 1.807) is 0 Å². The lowest BCUT2D eigenvalue weighted by molar-refractivity contribution is -0.144. The fraction of sp³-hybridized carbons (Fsp3) is 0.714. The smallest absolute Gasteiger partial charge is 0.307 e. The van der Waals surface area contributed by atoms with Crippen molar-refractivity contribution in [1.82, 2.24) is 14.7 Å². The van der Waals surface area contributed by atoms with Gasteiger partial charge in [-0.2, -0.15) is 5.10 Å². The lowest BCUT2D eigenvalue weighted by Gasteiger charge is -2.28. The zero-order valence-corrected chi connectivity index (χ0v) is 12.4. The van der Waals surface area contributed by atoms with Gasteiger partial charge in [-0.1, -0.05) is 13.8 Å². The van der Waals surface area contributed by atoms with E-state index in [1.807, 2.05) is 24.0 Å². The Labute approximate surface area is 115 Å². The largest absolute Gasteiger partial charge is 0.466 e. The van der Waals surface area contributed by atoms with Crippen LogP contribution in [0.1, 0.15) is 45.7 Å². The van der Waals surface area contributed by atoms with E-state index < -0.39 is 0 Å². The quantitative estimate of drug-likeness (QED) is 0.678. The molecule has 0 aliphatic rings. The SMILES string of the molecule is CCOC(=O)CC(c1cnn(CC)c1)N(CC)CC. The van der Waals surface area contributed by atoms with E-state index in [0.717, 1.165) is 25.2 Å². The van der Waals surface area contributed by atoms with Crippen molar-refractivity contribution in [3.05, 3.63) is 18.0 Å². The molecule has 0 aliphatic heterocycles. The molecule has 0 aromatic carbocycles. The normalized spacial score (nSPS) is 12.7. The Hall–Kier alpha value is -1.36. The Morgan fingerprint density at radius 2 is 2.05 bits per heavy atom. The maximum absolute atomic E-state index is 11.8. The average molecular weight is 267 g/mol. The number of esters is 1. The van der Waals surface area contributed by atoms with Gasteiger partial charge in [-0.3, -0.25) is 14.4 Å². The van der Waals surface area contributed by atoms with E-state index in [0.29, 0.717) is 13.0 Å². The van der Waals surface area contributed by atoms with Crippen LogP contribution in [0, 0.1) is 0 Å². The van der Waals surface area contributed by atoms with Crippen molar-refractivity contribution < 1.29 is 9.53 Å². The van der Waals surface area contributed by atoms with E-state index >= 15 is 0 Å². The van der Waals surface area contributed by atoms with Gasteiger partial charge in [-0.25, -0.2) is 0 Å². The first-order chi connectivity index (χ1) is 9.15. The molecule has 5 nitrogen and oxygen atoms in total. The summed E-state index contributed by atoms with van der Waals surface area (Å²) in [5.41, 5.74) is 1.08. The molecule has 0 bridgehead atoms. The molecule has 1 heterocycles. The topological polar surface area (TPSA) is 47.4 Å². The number of hydrogen-bond donors (Lipinski definition) is 0. The molecule has 1 atom stereocenters. The van der Waals surface area contributed by atoms with Crippen LogP contribution < -0.4 is 0 Å². The fourth-order valence-electron chi connectivity index (χ4n) is 2.22. The van der Waals surface area contributed by atoms with Gasteiger partial charge in [0.05, 0.1) is 19.2 Å². The van der Waals surface area contributed by atoms with Gasteiger partial charge in [0.2, 0.25) is 0 Å². The Kier molecular flexibility index (Phi) is 6.56. The number of aryl methyl sites for hydroxylation is 1. The lowest BCUT2D eigenvalue weighted by Crippen LogP contribution is -2.30. The van der Waals surface area contributed by atoms with E-state index in [-0.39, 0.29) is 12.0 Å². The predicted molar refractivity (Wildman–Crippen MR) is 74.8 cm³/mol. The first-order valence-corrected chi connectivity index (χ1v) is 7.08. The van der Waals surface area contributed by atoms with Crippen LogP contribution in [-0.2, 0) is 16.1 Å². The van der Waals surface area contributed by atoms with Gasteiger partial charge < -0.3 is 4.74 Å². The third-order valence-corrected chi connectivity index (χ3v) is 3.28. The Morgan fingerprint density at radius 1 is 1.37 bits per heavy atom. The summed E-state index contributed by atoms with van der Waals surface area (Å²) in [7, 11) is 0. The van der Waals surface area contributed by atoms with Gasteiger partial charge in [-0.05, 0) is 26.9 Å². The molecule has 1 aromatic heterocycles. The average Bonchev–Trinajstić information content (AvgIpc) is 2.87. The number of carbonyl (C=O) groups is 1. The predicted octanol–water partition coefficient (Wildman–Crippen LogP) is 2.24. The Bertz CT molecular complexity index is 386. The molecule has 0 N–H and O–H groups in total. The molecule has 108 valence electrons. The summed E-state index contributed by atoms with van der Waals surface area (Å²) in [6.07, 6.45) is 4.25. The van der Waals surface area contributed by atoms with Crippen LogP contribution in [0.25, 0.3) is 0 Å². The summed E-state index contributed by atoms with van der Waals surface area (Å²) in [5.74, 6) is -0.149.